The lowest BCUT2D eigenvalue weighted by atomic mass is 9.53. The molecule has 0 aliphatic heterocycles. The molecule has 3 atom stereocenters. The van der Waals surface area contributed by atoms with Gasteiger partial charge in [0.15, 0.2) is 5.82 Å². The predicted molar refractivity (Wildman–Crippen MR) is 64.0 cm³/mol. The van der Waals surface area contributed by atoms with E-state index in [1.54, 1.807) is 5.57 Å². The molecule has 3 N–H and O–H groups in total. The summed E-state index contributed by atoms with van der Waals surface area (Å²) in [6.45, 7) is 2.95. The molecule has 0 radical (unpaired) electrons. The molecule has 5 heteroatoms. The number of nitrogens with one attached hydrogen (secondary N) is 1. The molecule has 92 valence electrons. The summed E-state index contributed by atoms with van der Waals surface area (Å²) in [5.41, 5.74) is 7.80. The Bertz CT molecular complexity index is 424. The first-order chi connectivity index (χ1) is 8.27. The van der Waals surface area contributed by atoms with Gasteiger partial charge in [0.2, 0.25) is 0 Å². The van der Waals surface area contributed by atoms with Gasteiger partial charge in [0, 0.05) is 6.42 Å². The Balaban J connectivity index is 1.79. The maximum Gasteiger partial charge on any atom is 0.175 e. The van der Waals surface area contributed by atoms with Crippen LogP contribution >= 0.6 is 0 Å². The zero-order chi connectivity index (χ0) is 11.9. The normalized spacial score (nSPS) is 35.3. The molecule has 1 saturated carbocycles. The van der Waals surface area contributed by atoms with Crippen molar-refractivity contribution in [1.82, 2.24) is 20.6 Å². The van der Waals surface area contributed by atoms with Crippen molar-refractivity contribution >= 4 is 0 Å². The van der Waals surface area contributed by atoms with Gasteiger partial charge in [-0.25, -0.2) is 0 Å². The number of aromatic amines is 1. The minimum atomic E-state index is 0.186. The molecule has 1 fully saturated rings. The predicted octanol–water partition coefficient (Wildman–Crippen LogP) is 1.06. The molecule has 1 heterocycles. The van der Waals surface area contributed by atoms with E-state index in [4.69, 9.17) is 5.73 Å². The number of H-pyrrole nitrogens is 1. The quantitative estimate of drug-likeness (QED) is 0.762. The molecule has 0 saturated heterocycles. The zero-order valence-electron chi connectivity index (χ0n) is 10.2. The number of fused-ring (bicyclic) bond motifs is 1. The fourth-order valence-electron chi connectivity index (χ4n) is 3.61. The summed E-state index contributed by atoms with van der Waals surface area (Å²) in [7, 11) is 0. The van der Waals surface area contributed by atoms with Crippen LogP contribution in [0.5, 0.6) is 0 Å². The number of aromatic nitrogens is 4. The maximum atomic E-state index is 6.01. The summed E-state index contributed by atoms with van der Waals surface area (Å²) in [4.78, 5) is 0. The molecule has 1 aromatic rings. The number of rotatable bonds is 4. The largest absolute Gasteiger partial charge is 0.330 e. The Kier molecular flexibility index (Phi) is 2.50. The van der Waals surface area contributed by atoms with E-state index in [9.17, 15) is 0 Å². The summed E-state index contributed by atoms with van der Waals surface area (Å²) < 4.78 is 0. The molecule has 0 bridgehead atoms. The van der Waals surface area contributed by atoms with E-state index in [1.165, 1.54) is 19.3 Å². The topological polar surface area (TPSA) is 80.5 Å². The van der Waals surface area contributed by atoms with Crippen molar-refractivity contribution in [2.24, 2.45) is 23.0 Å². The van der Waals surface area contributed by atoms with Gasteiger partial charge in [-0.3, -0.25) is 0 Å². The van der Waals surface area contributed by atoms with Crippen LogP contribution in [-0.2, 0) is 6.42 Å². The molecule has 3 rings (SSSR count). The summed E-state index contributed by atoms with van der Waals surface area (Å²) in [5.74, 6) is 2.26. The highest BCUT2D eigenvalue weighted by Gasteiger charge is 2.54. The molecule has 2 aliphatic carbocycles. The van der Waals surface area contributed by atoms with Crippen LogP contribution in [0.2, 0.25) is 0 Å². The van der Waals surface area contributed by atoms with Crippen molar-refractivity contribution < 1.29 is 0 Å². The molecule has 1 aromatic heterocycles. The Morgan fingerprint density at radius 3 is 3.12 bits per heavy atom. The molecule has 0 unspecified atom stereocenters. The maximum absolute atomic E-state index is 6.01. The van der Waals surface area contributed by atoms with E-state index < -0.39 is 0 Å². The Hall–Kier alpha value is -1.23. The van der Waals surface area contributed by atoms with Crippen LogP contribution in [0.3, 0.4) is 0 Å². The molecule has 0 spiro atoms. The number of nitrogens with two attached hydrogens (primary N) is 1. The number of tetrazole rings is 1. The molecular formula is C12H19N5. The van der Waals surface area contributed by atoms with Crippen LogP contribution in [0, 0.1) is 17.3 Å². The molecule has 5 nitrogen and oxygen atoms in total. The van der Waals surface area contributed by atoms with Gasteiger partial charge in [0.25, 0.3) is 0 Å². The second kappa shape index (κ2) is 3.91. The van der Waals surface area contributed by atoms with Gasteiger partial charge in [-0.2, -0.15) is 5.21 Å². The summed E-state index contributed by atoms with van der Waals surface area (Å²) in [6.07, 6.45) is 6.98. The number of hydrogen-bond acceptors (Lipinski definition) is 4. The average molecular weight is 233 g/mol. The number of nitrogens with zero attached hydrogens (tertiary/aromatic N) is 3. The smallest absolute Gasteiger partial charge is 0.175 e. The van der Waals surface area contributed by atoms with E-state index in [2.05, 4.69) is 33.6 Å². The van der Waals surface area contributed by atoms with Crippen molar-refractivity contribution in [1.29, 1.82) is 0 Å². The van der Waals surface area contributed by atoms with E-state index in [1.807, 2.05) is 0 Å². The monoisotopic (exact) mass is 233 g/mol. The second-order valence-electron chi connectivity index (χ2n) is 5.44. The van der Waals surface area contributed by atoms with Crippen LogP contribution in [0.25, 0.3) is 0 Å². The first kappa shape index (κ1) is 10.9. The Labute approximate surface area is 101 Å². The van der Waals surface area contributed by atoms with Gasteiger partial charge in [0.05, 0.1) is 0 Å². The van der Waals surface area contributed by atoms with E-state index >= 15 is 0 Å². The van der Waals surface area contributed by atoms with Gasteiger partial charge in [0.1, 0.15) is 0 Å². The van der Waals surface area contributed by atoms with Crippen LogP contribution in [-0.4, -0.2) is 27.2 Å². The first-order valence-corrected chi connectivity index (χ1v) is 6.39. The lowest BCUT2D eigenvalue weighted by molar-refractivity contribution is 0.00727. The number of hydrogen-bond donors (Lipinski definition) is 2. The second-order valence-corrected chi connectivity index (χ2v) is 5.44. The SMILES string of the molecule is CCC1=C[C@@H]2[C@H](C1)C[C@]2(CN)Cc1nn[nH]n1. The third-order valence-corrected chi connectivity index (χ3v) is 4.58. The zero-order valence-corrected chi connectivity index (χ0v) is 10.2. The van der Waals surface area contributed by atoms with Crippen LogP contribution in [0.4, 0.5) is 0 Å². The van der Waals surface area contributed by atoms with Gasteiger partial charge < -0.3 is 5.73 Å². The van der Waals surface area contributed by atoms with Crippen LogP contribution in [0.1, 0.15) is 32.0 Å². The highest BCUT2D eigenvalue weighted by Crippen LogP contribution is 2.58. The molecule has 0 aromatic carbocycles. The van der Waals surface area contributed by atoms with Crippen molar-refractivity contribution in [3.63, 3.8) is 0 Å². The van der Waals surface area contributed by atoms with Gasteiger partial charge in [-0.05, 0) is 43.1 Å². The van der Waals surface area contributed by atoms with E-state index in [-0.39, 0.29) is 5.41 Å². The average Bonchev–Trinajstić information content (AvgIpc) is 2.94. The fraction of sp³-hybridized carbons (Fsp3) is 0.750. The molecule has 2 aliphatic rings. The lowest BCUT2D eigenvalue weighted by Gasteiger charge is -2.51. The number of allylic oxidation sites excluding steroid dienone is 2. The molecule has 0 amide bonds. The van der Waals surface area contributed by atoms with Crippen molar-refractivity contribution in [2.75, 3.05) is 6.54 Å². The van der Waals surface area contributed by atoms with Crippen molar-refractivity contribution in [3.05, 3.63) is 17.5 Å². The van der Waals surface area contributed by atoms with E-state index in [0.717, 1.165) is 24.7 Å². The minimum Gasteiger partial charge on any atom is -0.330 e. The molecular weight excluding hydrogens is 214 g/mol. The van der Waals surface area contributed by atoms with Crippen LogP contribution in [0.15, 0.2) is 11.6 Å². The summed E-state index contributed by atoms with van der Waals surface area (Å²) >= 11 is 0. The first-order valence-electron chi connectivity index (χ1n) is 6.39. The minimum absolute atomic E-state index is 0.186. The van der Waals surface area contributed by atoms with Gasteiger partial charge in [-0.15, -0.1) is 10.2 Å². The fourth-order valence-corrected chi connectivity index (χ4v) is 3.61. The van der Waals surface area contributed by atoms with Crippen molar-refractivity contribution in [3.8, 4) is 0 Å². The van der Waals surface area contributed by atoms with E-state index in [0.29, 0.717) is 5.92 Å². The highest BCUT2D eigenvalue weighted by atomic mass is 15.5. The highest BCUT2D eigenvalue weighted by molar-refractivity contribution is 5.24. The Morgan fingerprint density at radius 1 is 1.59 bits per heavy atom. The third kappa shape index (κ3) is 1.60. The lowest BCUT2D eigenvalue weighted by Crippen LogP contribution is -2.51. The third-order valence-electron chi connectivity index (χ3n) is 4.58. The van der Waals surface area contributed by atoms with Crippen LogP contribution < -0.4 is 5.73 Å². The summed E-state index contributed by atoms with van der Waals surface area (Å²) in [5, 5.41) is 14.3. The van der Waals surface area contributed by atoms with Gasteiger partial charge in [-0.1, -0.05) is 23.8 Å². The summed E-state index contributed by atoms with van der Waals surface area (Å²) in [6, 6.07) is 0. The van der Waals surface area contributed by atoms with Crippen molar-refractivity contribution in [2.45, 2.75) is 32.6 Å². The van der Waals surface area contributed by atoms with Gasteiger partial charge >= 0.3 is 0 Å². The molecule has 17 heavy (non-hydrogen) atoms. The standard InChI is InChI=1S/C12H19N5/c1-2-8-3-9-5-12(7-13,10(9)4-8)6-11-14-16-17-15-11/h4,9-10H,2-3,5-7,13H2,1H3,(H,14,15,16,17)/t9-,10-,12-/m1/s1. The Morgan fingerprint density at radius 2 is 2.47 bits per heavy atom.